The van der Waals surface area contributed by atoms with Crippen LogP contribution in [0.2, 0.25) is 0 Å². The van der Waals surface area contributed by atoms with E-state index in [4.69, 9.17) is 5.73 Å². The summed E-state index contributed by atoms with van der Waals surface area (Å²) >= 11 is 0. The summed E-state index contributed by atoms with van der Waals surface area (Å²) in [5.74, 6) is 1.42. The van der Waals surface area contributed by atoms with Crippen molar-refractivity contribution in [3.63, 3.8) is 0 Å². The number of aryl methyl sites for hydroxylation is 2. The fourth-order valence-corrected chi connectivity index (χ4v) is 2.00. The zero-order chi connectivity index (χ0) is 14.4. The summed E-state index contributed by atoms with van der Waals surface area (Å²) in [5.41, 5.74) is 6.73. The first-order valence-corrected chi connectivity index (χ1v) is 6.82. The molecule has 6 nitrogen and oxygen atoms in total. The predicted octanol–water partition coefficient (Wildman–Crippen LogP) is 1.98. The van der Waals surface area contributed by atoms with Crippen LogP contribution in [0, 0.1) is 6.92 Å². The number of nitrogens with two attached hydrogens (primary N) is 1. The van der Waals surface area contributed by atoms with Gasteiger partial charge in [-0.1, -0.05) is 13.0 Å². The molecule has 2 heterocycles. The van der Waals surface area contributed by atoms with Gasteiger partial charge >= 0.3 is 0 Å². The Balaban J connectivity index is 1.95. The molecule has 20 heavy (non-hydrogen) atoms. The maximum atomic E-state index is 5.63. The number of nitrogen functional groups attached to an aromatic ring is 1. The number of pyridine rings is 1. The number of hydrogen-bond donors (Lipinski definition) is 2. The first-order valence-electron chi connectivity index (χ1n) is 6.82. The largest absolute Gasteiger partial charge is 0.368 e. The summed E-state index contributed by atoms with van der Waals surface area (Å²) in [5, 5.41) is 3.31. The lowest BCUT2D eigenvalue weighted by atomic mass is 10.1. The Labute approximate surface area is 118 Å². The van der Waals surface area contributed by atoms with Gasteiger partial charge in [0, 0.05) is 17.9 Å². The molecule has 0 aromatic carbocycles. The van der Waals surface area contributed by atoms with Gasteiger partial charge in [-0.05, 0) is 38.3 Å². The zero-order valence-electron chi connectivity index (χ0n) is 11.9. The highest BCUT2D eigenvalue weighted by Crippen LogP contribution is 2.10. The van der Waals surface area contributed by atoms with Crippen molar-refractivity contribution in [3.05, 3.63) is 35.9 Å². The van der Waals surface area contributed by atoms with Crippen LogP contribution in [0.5, 0.6) is 0 Å². The van der Waals surface area contributed by atoms with Gasteiger partial charge in [0.2, 0.25) is 11.9 Å². The molecule has 106 valence electrons. The average Bonchev–Trinajstić information content (AvgIpc) is 2.43. The molecule has 0 fully saturated rings. The molecular weight excluding hydrogens is 252 g/mol. The van der Waals surface area contributed by atoms with Crippen LogP contribution in [0.3, 0.4) is 0 Å². The number of nitrogens with zero attached hydrogens (tertiary/aromatic N) is 4. The van der Waals surface area contributed by atoms with Gasteiger partial charge in [-0.15, -0.1) is 0 Å². The number of rotatable bonds is 6. The Hall–Kier alpha value is -2.24. The molecule has 0 bridgehead atoms. The molecule has 1 unspecified atom stereocenters. The Kier molecular flexibility index (Phi) is 4.81. The van der Waals surface area contributed by atoms with E-state index in [9.17, 15) is 0 Å². The van der Waals surface area contributed by atoms with Gasteiger partial charge in [0.15, 0.2) is 0 Å². The normalized spacial score (nSPS) is 12.1. The third-order valence-corrected chi connectivity index (χ3v) is 3.07. The van der Waals surface area contributed by atoms with E-state index in [-0.39, 0.29) is 5.95 Å². The van der Waals surface area contributed by atoms with Gasteiger partial charge in [0.1, 0.15) is 5.82 Å². The molecule has 2 rings (SSSR count). The third kappa shape index (κ3) is 4.15. The summed E-state index contributed by atoms with van der Waals surface area (Å²) in [6.07, 6.45) is 4.70. The summed E-state index contributed by atoms with van der Waals surface area (Å²) in [7, 11) is 0. The van der Waals surface area contributed by atoms with Crippen LogP contribution in [0.1, 0.15) is 31.3 Å². The van der Waals surface area contributed by atoms with Crippen LogP contribution in [-0.2, 0) is 6.42 Å². The van der Waals surface area contributed by atoms with Crippen molar-refractivity contribution >= 4 is 11.9 Å². The van der Waals surface area contributed by atoms with Crippen molar-refractivity contribution < 1.29 is 0 Å². The van der Waals surface area contributed by atoms with E-state index < -0.39 is 0 Å². The van der Waals surface area contributed by atoms with Gasteiger partial charge in [0.25, 0.3) is 0 Å². The molecule has 0 spiro atoms. The lowest BCUT2D eigenvalue weighted by molar-refractivity contribution is 0.621. The number of anilines is 2. The molecule has 0 aliphatic carbocycles. The fourth-order valence-electron chi connectivity index (χ4n) is 2.00. The second-order valence-corrected chi connectivity index (χ2v) is 4.67. The minimum atomic E-state index is 0.250. The molecule has 0 radical (unpaired) electrons. The van der Waals surface area contributed by atoms with Gasteiger partial charge in [-0.2, -0.15) is 15.0 Å². The van der Waals surface area contributed by atoms with Crippen LogP contribution in [-0.4, -0.2) is 26.0 Å². The second-order valence-electron chi connectivity index (χ2n) is 4.67. The van der Waals surface area contributed by atoms with Crippen molar-refractivity contribution in [3.8, 4) is 0 Å². The van der Waals surface area contributed by atoms with Crippen molar-refractivity contribution in [1.82, 2.24) is 19.9 Å². The van der Waals surface area contributed by atoms with Crippen molar-refractivity contribution in [2.75, 3.05) is 11.1 Å². The highest BCUT2D eigenvalue weighted by atomic mass is 15.2. The maximum absolute atomic E-state index is 5.63. The molecule has 0 aliphatic rings. The van der Waals surface area contributed by atoms with Crippen LogP contribution in [0.4, 0.5) is 11.9 Å². The minimum Gasteiger partial charge on any atom is -0.368 e. The van der Waals surface area contributed by atoms with E-state index in [1.165, 1.54) is 0 Å². The van der Waals surface area contributed by atoms with E-state index in [1.54, 1.807) is 6.92 Å². The van der Waals surface area contributed by atoms with Gasteiger partial charge < -0.3 is 11.1 Å². The quantitative estimate of drug-likeness (QED) is 0.835. The van der Waals surface area contributed by atoms with Crippen molar-refractivity contribution in [2.24, 2.45) is 0 Å². The molecule has 0 aliphatic heterocycles. The molecule has 2 aromatic rings. The highest BCUT2D eigenvalue weighted by Gasteiger charge is 2.09. The van der Waals surface area contributed by atoms with E-state index in [0.717, 1.165) is 25.0 Å². The Morgan fingerprint density at radius 2 is 2.10 bits per heavy atom. The molecule has 0 saturated carbocycles. The first kappa shape index (κ1) is 14.2. The van der Waals surface area contributed by atoms with E-state index in [1.807, 2.05) is 24.4 Å². The molecule has 3 N–H and O–H groups in total. The van der Waals surface area contributed by atoms with Gasteiger partial charge in [-0.25, -0.2) is 0 Å². The van der Waals surface area contributed by atoms with Crippen LogP contribution in [0.15, 0.2) is 24.4 Å². The predicted molar refractivity (Wildman–Crippen MR) is 79.2 cm³/mol. The minimum absolute atomic E-state index is 0.250. The molecule has 0 saturated heterocycles. The summed E-state index contributed by atoms with van der Waals surface area (Å²) in [6, 6.07) is 6.26. The maximum Gasteiger partial charge on any atom is 0.227 e. The summed E-state index contributed by atoms with van der Waals surface area (Å²) < 4.78 is 0. The second kappa shape index (κ2) is 6.79. The van der Waals surface area contributed by atoms with Gasteiger partial charge in [-0.3, -0.25) is 4.98 Å². The highest BCUT2D eigenvalue weighted by molar-refractivity contribution is 5.31. The lowest BCUT2D eigenvalue weighted by Crippen LogP contribution is -2.22. The topological polar surface area (TPSA) is 89.6 Å². The summed E-state index contributed by atoms with van der Waals surface area (Å²) in [6.45, 7) is 3.94. The summed E-state index contributed by atoms with van der Waals surface area (Å²) in [4.78, 5) is 16.7. The number of aromatic nitrogens is 4. The Morgan fingerprint density at radius 3 is 2.75 bits per heavy atom. The zero-order valence-corrected chi connectivity index (χ0v) is 11.9. The Morgan fingerprint density at radius 1 is 1.25 bits per heavy atom. The smallest absolute Gasteiger partial charge is 0.227 e. The van der Waals surface area contributed by atoms with Gasteiger partial charge in [0.05, 0.1) is 0 Å². The lowest BCUT2D eigenvalue weighted by Gasteiger charge is -2.16. The van der Waals surface area contributed by atoms with Crippen LogP contribution in [0.25, 0.3) is 0 Å². The SMILES string of the molecule is CCC(CCc1ccccn1)Nc1nc(C)nc(N)n1. The molecule has 0 amide bonds. The van der Waals surface area contributed by atoms with E-state index >= 15 is 0 Å². The first-order chi connectivity index (χ1) is 9.67. The van der Waals surface area contributed by atoms with E-state index in [0.29, 0.717) is 17.8 Å². The van der Waals surface area contributed by atoms with E-state index in [2.05, 4.69) is 32.2 Å². The van der Waals surface area contributed by atoms with Crippen molar-refractivity contribution in [2.45, 2.75) is 39.2 Å². The molecule has 6 heteroatoms. The number of nitrogens with one attached hydrogen (secondary N) is 1. The molecular formula is C14H20N6. The average molecular weight is 272 g/mol. The molecule has 2 aromatic heterocycles. The fraction of sp³-hybridized carbons (Fsp3) is 0.429. The van der Waals surface area contributed by atoms with Crippen LogP contribution < -0.4 is 11.1 Å². The number of hydrogen-bond acceptors (Lipinski definition) is 6. The molecule has 1 atom stereocenters. The standard InChI is InChI=1S/C14H20N6/c1-3-11(7-8-12-6-4-5-9-16-12)19-14-18-10(2)17-13(15)20-14/h4-6,9,11H,3,7-8H2,1-2H3,(H3,15,17,18,19,20). The monoisotopic (exact) mass is 272 g/mol. The Bertz CT molecular complexity index is 522. The van der Waals surface area contributed by atoms with Crippen molar-refractivity contribution in [1.29, 1.82) is 0 Å². The van der Waals surface area contributed by atoms with Crippen LogP contribution >= 0.6 is 0 Å². The third-order valence-electron chi connectivity index (χ3n) is 3.07.